The first-order valence-corrected chi connectivity index (χ1v) is 6.42. The van der Waals surface area contributed by atoms with E-state index >= 15 is 0 Å². The van der Waals surface area contributed by atoms with Crippen LogP contribution in [0.2, 0.25) is 5.02 Å². The van der Waals surface area contributed by atoms with Crippen molar-refractivity contribution in [2.24, 2.45) is 0 Å². The number of aromatic nitrogens is 1. The van der Waals surface area contributed by atoms with Gasteiger partial charge in [0.2, 0.25) is 0 Å². The molecule has 3 heteroatoms. The average Bonchev–Trinajstić information content (AvgIpc) is 2.54. The summed E-state index contributed by atoms with van der Waals surface area (Å²) >= 11 is 6.03. The lowest BCUT2D eigenvalue weighted by Gasteiger charge is -2.12. The number of nitrogens with one attached hydrogen (secondary N) is 1. The van der Waals surface area contributed by atoms with Gasteiger partial charge in [-0.05, 0) is 43.1 Å². The van der Waals surface area contributed by atoms with Crippen LogP contribution in [0.5, 0.6) is 0 Å². The molecule has 2 aromatic rings. The van der Waals surface area contributed by atoms with Crippen LogP contribution in [0, 0.1) is 6.92 Å². The van der Waals surface area contributed by atoms with E-state index in [4.69, 9.17) is 16.6 Å². The van der Waals surface area contributed by atoms with E-state index < -0.39 is 0 Å². The molecule has 0 spiro atoms. The molecular weight excluding hydrogens is 232 g/mol. The quantitative estimate of drug-likeness (QED) is 0.773. The van der Waals surface area contributed by atoms with Crippen LogP contribution in [-0.4, -0.2) is 18.1 Å². The maximum Gasteiger partial charge on any atom is 0.0723 e. The van der Waals surface area contributed by atoms with E-state index in [0.717, 1.165) is 36.5 Å². The molecule has 88 valence electrons. The summed E-state index contributed by atoms with van der Waals surface area (Å²) in [6.45, 7) is 4.27. The summed E-state index contributed by atoms with van der Waals surface area (Å²) in [5.41, 5.74) is 5.05. The normalized spacial score (nSPS) is 15.6. The van der Waals surface area contributed by atoms with E-state index in [2.05, 4.69) is 18.3 Å². The lowest BCUT2D eigenvalue weighted by molar-refractivity contribution is 0.708. The number of fused-ring (bicyclic) bond motifs is 2. The van der Waals surface area contributed by atoms with Gasteiger partial charge >= 0.3 is 0 Å². The van der Waals surface area contributed by atoms with Crippen molar-refractivity contribution in [3.63, 3.8) is 0 Å². The van der Waals surface area contributed by atoms with Gasteiger partial charge in [-0.1, -0.05) is 17.7 Å². The molecule has 1 aromatic carbocycles. The van der Waals surface area contributed by atoms with Crippen molar-refractivity contribution < 1.29 is 0 Å². The molecule has 1 aromatic heterocycles. The highest BCUT2D eigenvalue weighted by molar-refractivity contribution is 6.31. The van der Waals surface area contributed by atoms with E-state index in [-0.39, 0.29) is 0 Å². The molecule has 1 aliphatic heterocycles. The monoisotopic (exact) mass is 246 g/mol. The fourth-order valence-corrected chi connectivity index (χ4v) is 2.76. The van der Waals surface area contributed by atoms with E-state index in [9.17, 15) is 0 Å². The maximum atomic E-state index is 6.03. The molecule has 0 radical (unpaired) electrons. The third-order valence-corrected chi connectivity index (χ3v) is 3.75. The number of hydrogen-bond donors (Lipinski definition) is 1. The zero-order chi connectivity index (χ0) is 11.8. The van der Waals surface area contributed by atoms with Crippen LogP contribution in [-0.2, 0) is 12.8 Å². The van der Waals surface area contributed by atoms with Crippen LogP contribution >= 0.6 is 11.6 Å². The Morgan fingerprint density at radius 3 is 2.94 bits per heavy atom. The summed E-state index contributed by atoms with van der Waals surface area (Å²) in [4.78, 5) is 4.77. The second kappa shape index (κ2) is 4.28. The Morgan fingerprint density at radius 1 is 1.24 bits per heavy atom. The van der Waals surface area contributed by atoms with Gasteiger partial charge in [0.1, 0.15) is 0 Å². The molecule has 0 atom stereocenters. The van der Waals surface area contributed by atoms with Crippen molar-refractivity contribution in [2.45, 2.75) is 19.8 Å². The third kappa shape index (κ3) is 1.92. The number of aryl methyl sites for hydroxylation is 1. The third-order valence-electron chi connectivity index (χ3n) is 3.51. The Kier molecular flexibility index (Phi) is 2.77. The summed E-state index contributed by atoms with van der Waals surface area (Å²) in [5.74, 6) is 0. The van der Waals surface area contributed by atoms with Crippen molar-refractivity contribution >= 4 is 22.5 Å². The molecule has 0 bridgehead atoms. The number of benzene rings is 1. The average molecular weight is 247 g/mol. The van der Waals surface area contributed by atoms with E-state index in [0.29, 0.717) is 0 Å². The Morgan fingerprint density at radius 2 is 2.06 bits per heavy atom. The van der Waals surface area contributed by atoms with Crippen LogP contribution in [0.15, 0.2) is 18.2 Å². The smallest absolute Gasteiger partial charge is 0.0723 e. The molecule has 0 aliphatic carbocycles. The Hall–Kier alpha value is -1.12. The Labute approximate surface area is 106 Å². The molecule has 0 fully saturated rings. The van der Waals surface area contributed by atoms with E-state index in [1.54, 1.807) is 0 Å². The molecule has 3 rings (SSSR count). The van der Waals surface area contributed by atoms with E-state index in [1.165, 1.54) is 22.2 Å². The summed E-state index contributed by atoms with van der Waals surface area (Å²) in [6.07, 6.45) is 2.09. The molecule has 2 nitrogen and oxygen atoms in total. The largest absolute Gasteiger partial charge is 0.316 e. The highest BCUT2D eigenvalue weighted by Gasteiger charge is 2.14. The zero-order valence-electron chi connectivity index (χ0n) is 9.89. The molecule has 1 N–H and O–H groups in total. The molecule has 17 heavy (non-hydrogen) atoms. The van der Waals surface area contributed by atoms with Crippen LogP contribution in [0.3, 0.4) is 0 Å². The predicted molar refractivity (Wildman–Crippen MR) is 71.8 cm³/mol. The van der Waals surface area contributed by atoms with Gasteiger partial charge in [0.05, 0.1) is 5.52 Å². The predicted octanol–water partition coefficient (Wildman–Crippen LogP) is 2.88. The van der Waals surface area contributed by atoms with E-state index in [1.807, 2.05) is 12.1 Å². The highest BCUT2D eigenvalue weighted by atomic mass is 35.5. The topological polar surface area (TPSA) is 24.9 Å². The number of nitrogens with zero attached hydrogens (tertiary/aromatic N) is 1. The van der Waals surface area contributed by atoms with Crippen LogP contribution in [0.25, 0.3) is 10.9 Å². The van der Waals surface area contributed by atoms with Gasteiger partial charge in [0, 0.05) is 29.1 Å². The molecule has 0 amide bonds. The molecule has 1 aliphatic rings. The van der Waals surface area contributed by atoms with Crippen molar-refractivity contribution in [2.75, 3.05) is 13.1 Å². The summed E-state index contributed by atoms with van der Waals surface area (Å²) in [7, 11) is 0. The van der Waals surface area contributed by atoms with Crippen molar-refractivity contribution in [3.05, 3.63) is 40.0 Å². The van der Waals surface area contributed by atoms with Gasteiger partial charge in [-0.2, -0.15) is 0 Å². The van der Waals surface area contributed by atoms with Gasteiger partial charge in [-0.3, -0.25) is 4.98 Å². The van der Waals surface area contributed by atoms with Crippen LogP contribution in [0.1, 0.15) is 16.8 Å². The molecule has 0 saturated carbocycles. The zero-order valence-corrected chi connectivity index (χ0v) is 10.6. The minimum Gasteiger partial charge on any atom is -0.316 e. The number of rotatable bonds is 0. The number of pyridine rings is 1. The first-order valence-electron chi connectivity index (χ1n) is 6.04. The standard InChI is InChI=1S/C14H15ClN2/c1-9-11-3-2-10(15)8-14(11)17-13-5-7-16-6-4-12(9)13/h2-3,8,16H,4-7H2,1H3. The SMILES string of the molecule is Cc1c2c(nc3cc(Cl)ccc13)CCNCC2. The van der Waals surface area contributed by atoms with Crippen molar-refractivity contribution in [1.82, 2.24) is 10.3 Å². The number of halogens is 1. The molecule has 0 saturated heterocycles. The highest BCUT2D eigenvalue weighted by Crippen LogP contribution is 2.26. The van der Waals surface area contributed by atoms with Crippen LogP contribution < -0.4 is 5.32 Å². The minimum atomic E-state index is 0.760. The summed E-state index contributed by atoms with van der Waals surface area (Å²) in [5, 5.41) is 5.41. The van der Waals surface area contributed by atoms with Gasteiger partial charge in [-0.25, -0.2) is 0 Å². The Bertz CT molecular complexity index is 578. The fourth-order valence-electron chi connectivity index (χ4n) is 2.59. The second-order valence-electron chi connectivity index (χ2n) is 4.57. The molecular formula is C14H15ClN2. The molecule has 0 unspecified atom stereocenters. The lowest BCUT2D eigenvalue weighted by Crippen LogP contribution is -2.16. The first-order chi connectivity index (χ1) is 8.25. The summed E-state index contributed by atoms with van der Waals surface area (Å²) in [6, 6.07) is 5.99. The summed E-state index contributed by atoms with van der Waals surface area (Å²) < 4.78 is 0. The van der Waals surface area contributed by atoms with Crippen LogP contribution in [0.4, 0.5) is 0 Å². The van der Waals surface area contributed by atoms with Crippen molar-refractivity contribution in [3.8, 4) is 0 Å². The first kappa shape index (κ1) is 11.0. The van der Waals surface area contributed by atoms with Gasteiger partial charge in [0.15, 0.2) is 0 Å². The second-order valence-corrected chi connectivity index (χ2v) is 5.01. The fraction of sp³-hybridized carbons (Fsp3) is 0.357. The maximum absolute atomic E-state index is 6.03. The van der Waals surface area contributed by atoms with Gasteiger partial charge < -0.3 is 5.32 Å². The Balaban J connectivity index is 2.29. The minimum absolute atomic E-state index is 0.760. The van der Waals surface area contributed by atoms with Crippen molar-refractivity contribution in [1.29, 1.82) is 0 Å². The van der Waals surface area contributed by atoms with Gasteiger partial charge in [0.25, 0.3) is 0 Å². The number of hydrogen-bond acceptors (Lipinski definition) is 2. The van der Waals surface area contributed by atoms with Gasteiger partial charge in [-0.15, -0.1) is 0 Å². The lowest BCUT2D eigenvalue weighted by atomic mass is 9.98. The molecule has 2 heterocycles.